The molecule has 0 saturated carbocycles. The van der Waals surface area contributed by atoms with Gasteiger partial charge in [-0.05, 0) is 28.8 Å². The van der Waals surface area contributed by atoms with Crippen molar-refractivity contribution in [1.29, 1.82) is 0 Å². The molecular weight excluding hydrogens is 444 g/mol. The van der Waals surface area contributed by atoms with E-state index in [-0.39, 0.29) is 24.6 Å². The maximum absolute atomic E-state index is 11.5. The highest BCUT2D eigenvalue weighted by molar-refractivity contribution is 9.10. The Kier molecular flexibility index (Phi) is 7.62. The summed E-state index contributed by atoms with van der Waals surface area (Å²) in [5.41, 5.74) is 7.22. The normalized spacial score (nSPS) is 17.6. The van der Waals surface area contributed by atoms with Crippen molar-refractivity contribution >= 4 is 38.9 Å². The Hall–Kier alpha value is -1.98. The average molecular weight is 471 g/mol. The van der Waals surface area contributed by atoms with E-state index in [1.165, 1.54) is 7.11 Å². The van der Waals surface area contributed by atoms with Crippen LogP contribution in [-0.4, -0.2) is 76.5 Å². The van der Waals surface area contributed by atoms with E-state index in [9.17, 15) is 4.79 Å². The molecule has 0 aromatic carbocycles. The van der Waals surface area contributed by atoms with E-state index in [4.69, 9.17) is 19.9 Å². The maximum atomic E-state index is 11.5. The molecule has 0 amide bonds. The van der Waals surface area contributed by atoms with Gasteiger partial charge in [0.05, 0.1) is 33.0 Å². The lowest BCUT2D eigenvalue weighted by Gasteiger charge is -2.32. The van der Waals surface area contributed by atoms with Crippen molar-refractivity contribution < 1.29 is 19.0 Å². The van der Waals surface area contributed by atoms with Crippen LogP contribution < -0.4 is 10.5 Å². The van der Waals surface area contributed by atoms with E-state index in [0.717, 1.165) is 19.3 Å². The zero-order valence-electron chi connectivity index (χ0n) is 16.8. The first-order valence-electron chi connectivity index (χ1n) is 9.74. The third kappa shape index (κ3) is 5.55. The maximum Gasteiger partial charge on any atom is 0.320 e. The van der Waals surface area contributed by atoms with Gasteiger partial charge in [0.2, 0.25) is 0 Å². The molecule has 1 aliphatic heterocycles. The Bertz CT molecular complexity index is 845. The minimum Gasteiger partial charge on any atom is -0.468 e. The molecule has 29 heavy (non-hydrogen) atoms. The third-order valence-electron chi connectivity index (χ3n) is 4.76. The molecule has 2 aromatic rings. The number of carbonyl (C=O) groups excluding carboxylic acids is 1. The molecule has 1 aliphatic rings. The fourth-order valence-corrected chi connectivity index (χ4v) is 3.69. The molecule has 160 valence electrons. The predicted octanol–water partition coefficient (Wildman–Crippen LogP) is 1.61. The van der Waals surface area contributed by atoms with Gasteiger partial charge in [0.25, 0.3) is 0 Å². The van der Waals surface area contributed by atoms with E-state index in [2.05, 4.69) is 37.8 Å². The number of morpholine rings is 1. The van der Waals surface area contributed by atoms with E-state index in [1.54, 1.807) is 0 Å². The molecule has 1 unspecified atom stereocenters. The lowest BCUT2D eigenvalue weighted by Crippen LogP contribution is -2.45. The van der Waals surface area contributed by atoms with Crippen molar-refractivity contribution in [3.8, 4) is 6.01 Å². The smallest absolute Gasteiger partial charge is 0.320 e. The van der Waals surface area contributed by atoms with Crippen LogP contribution in [0.15, 0.2) is 4.73 Å². The number of halogens is 1. The topological polar surface area (TPSA) is 118 Å². The van der Waals surface area contributed by atoms with Crippen LogP contribution in [-0.2, 0) is 20.8 Å². The Morgan fingerprint density at radius 2 is 2.21 bits per heavy atom. The Balaban J connectivity index is 1.69. The van der Waals surface area contributed by atoms with Crippen molar-refractivity contribution in [3.05, 3.63) is 4.73 Å². The van der Waals surface area contributed by atoms with Gasteiger partial charge in [-0.25, -0.2) is 4.98 Å². The fraction of sp³-hybridized carbons (Fsp3) is 0.667. The fourth-order valence-electron chi connectivity index (χ4n) is 3.16. The molecule has 0 aliphatic carbocycles. The van der Waals surface area contributed by atoms with Gasteiger partial charge in [0, 0.05) is 19.6 Å². The van der Waals surface area contributed by atoms with Crippen molar-refractivity contribution in [2.24, 2.45) is 0 Å². The first-order valence-corrected chi connectivity index (χ1v) is 10.5. The van der Waals surface area contributed by atoms with Crippen LogP contribution >= 0.6 is 15.9 Å². The van der Waals surface area contributed by atoms with Crippen molar-refractivity contribution in [2.75, 3.05) is 45.7 Å². The van der Waals surface area contributed by atoms with Gasteiger partial charge in [-0.15, -0.1) is 0 Å². The predicted molar refractivity (Wildman–Crippen MR) is 111 cm³/mol. The van der Waals surface area contributed by atoms with Gasteiger partial charge in [-0.3, -0.25) is 9.69 Å². The first kappa shape index (κ1) is 21.7. The number of rotatable bonds is 9. The molecule has 0 bridgehead atoms. The monoisotopic (exact) mass is 470 g/mol. The molecule has 11 heteroatoms. The second-order valence-corrected chi connectivity index (χ2v) is 7.60. The second-order valence-electron chi connectivity index (χ2n) is 6.89. The van der Waals surface area contributed by atoms with Crippen LogP contribution in [0.5, 0.6) is 6.01 Å². The largest absolute Gasteiger partial charge is 0.468 e. The van der Waals surface area contributed by atoms with E-state index < -0.39 is 0 Å². The zero-order valence-corrected chi connectivity index (χ0v) is 18.4. The van der Waals surface area contributed by atoms with Crippen LogP contribution in [0.25, 0.3) is 11.2 Å². The number of aromatic nitrogens is 4. The molecule has 2 N–H and O–H groups in total. The summed E-state index contributed by atoms with van der Waals surface area (Å²) in [4.78, 5) is 26.7. The molecule has 0 radical (unpaired) electrons. The Morgan fingerprint density at radius 3 is 2.97 bits per heavy atom. The number of ether oxygens (including phenoxy) is 3. The van der Waals surface area contributed by atoms with E-state index >= 15 is 0 Å². The third-order valence-corrected chi connectivity index (χ3v) is 5.37. The highest BCUT2D eigenvalue weighted by Crippen LogP contribution is 2.25. The summed E-state index contributed by atoms with van der Waals surface area (Å²) in [6.07, 6.45) is 2.68. The number of anilines is 1. The molecule has 10 nitrogen and oxygen atoms in total. The number of esters is 1. The van der Waals surface area contributed by atoms with Crippen molar-refractivity contribution in [1.82, 2.24) is 24.4 Å². The molecular formula is C18H27BrN6O4. The number of aryl methyl sites for hydroxylation is 1. The van der Waals surface area contributed by atoms with Gasteiger partial charge in [0.15, 0.2) is 21.7 Å². The number of fused-ring (bicyclic) bond motifs is 1. The van der Waals surface area contributed by atoms with Gasteiger partial charge < -0.3 is 24.5 Å². The summed E-state index contributed by atoms with van der Waals surface area (Å²) in [6, 6.07) is 0.260. The molecule has 3 rings (SSSR count). The summed E-state index contributed by atoms with van der Waals surface area (Å²) in [5.74, 6) is 0.0518. The van der Waals surface area contributed by atoms with Crippen LogP contribution in [0, 0.1) is 0 Å². The minimum absolute atomic E-state index is 0.00258. The lowest BCUT2D eigenvalue weighted by atomic mass is 10.2. The van der Waals surface area contributed by atoms with Crippen molar-refractivity contribution in [2.45, 2.75) is 38.8 Å². The quantitative estimate of drug-likeness (QED) is 0.331. The van der Waals surface area contributed by atoms with Gasteiger partial charge >= 0.3 is 12.0 Å². The van der Waals surface area contributed by atoms with Crippen LogP contribution in [0.3, 0.4) is 0 Å². The van der Waals surface area contributed by atoms with Crippen LogP contribution in [0.2, 0.25) is 0 Å². The summed E-state index contributed by atoms with van der Waals surface area (Å²) in [6.45, 7) is 5.50. The summed E-state index contributed by atoms with van der Waals surface area (Å²) in [7, 11) is 1.40. The minimum atomic E-state index is -0.239. The van der Waals surface area contributed by atoms with Crippen LogP contribution in [0.4, 0.5) is 5.82 Å². The number of unbranched alkanes of at least 4 members (excludes halogenated alkanes) is 1. The SMILES string of the molecule is CCCCOc1nc(N)c2nc(Br)n(CCC3CN(CC(=O)OC)CCO3)c2n1. The lowest BCUT2D eigenvalue weighted by molar-refractivity contribution is -0.143. The molecule has 1 fully saturated rings. The van der Waals surface area contributed by atoms with Gasteiger partial charge in [-0.2, -0.15) is 9.97 Å². The number of hydrogen-bond donors (Lipinski definition) is 1. The summed E-state index contributed by atoms with van der Waals surface area (Å²) in [5, 5.41) is 0. The second kappa shape index (κ2) is 10.2. The number of nitrogens with two attached hydrogens (primary N) is 1. The van der Waals surface area contributed by atoms with Crippen molar-refractivity contribution in [3.63, 3.8) is 0 Å². The van der Waals surface area contributed by atoms with E-state index in [1.807, 2.05) is 9.47 Å². The Morgan fingerprint density at radius 1 is 1.38 bits per heavy atom. The number of nitrogens with zero attached hydrogens (tertiary/aromatic N) is 5. The first-order chi connectivity index (χ1) is 14.0. The number of carbonyl (C=O) groups is 1. The number of methoxy groups -OCH3 is 1. The Labute approximate surface area is 177 Å². The molecule has 2 aromatic heterocycles. The number of imidazole rings is 1. The van der Waals surface area contributed by atoms with Gasteiger partial charge in [-0.1, -0.05) is 13.3 Å². The number of hydrogen-bond acceptors (Lipinski definition) is 9. The highest BCUT2D eigenvalue weighted by Gasteiger charge is 2.23. The summed E-state index contributed by atoms with van der Waals surface area (Å²) >= 11 is 3.49. The molecule has 3 heterocycles. The summed E-state index contributed by atoms with van der Waals surface area (Å²) < 4.78 is 18.8. The zero-order chi connectivity index (χ0) is 20.8. The highest BCUT2D eigenvalue weighted by atomic mass is 79.9. The molecule has 1 atom stereocenters. The number of nitrogen functional groups attached to an aromatic ring is 1. The van der Waals surface area contributed by atoms with Gasteiger partial charge in [0.1, 0.15) is 0 Å². The van der Waals surface area contributed by atoms with E-state index in [0.29, 0.717) is 54.6 Å². The van der Waals surface area contributed by atoms with Crippen LogP contribution in [0.1, 0.15) is 26.2 Å². The average Bonchev–Trinajstić information content (AvgIpc) is 3.02. The molecule has 0 spiro atoms. The standard InChI is InChI=1S/C18H27BrN6O4/c1-3-4-8-29-18-22-15(20)14-16(23-18)25(17(19)21-14)6-5-12-10-24(7-9-28-12)11-13(26)27-2/h12H,3-11H2,1-2H3,(H2,20,22,23). The molecule has 1 saturated heterocycles.